The van der Waals surface area contributed by atoms with Crippen LogP contribution in [0.4, 0.5) is 4.39 Å². The molecule has 2 atom stereocenters. The fourth-order valence-corrected chi connectivity index (χ4v) is 3.06. The van der Waals surface area contributed by atoms with Gasteiger partial charge in [0.15, 0.2) is 5.96 Å². The van der Waals surface area contributed by atoms with E-state index in [4.69, 9.17) is 0 Å². The number of hydrogen-bond acceptors (Lipinski definition) is 4. The first-order chi connectivity index (χ1) is 12.6. The maximum atomic E-state index is 13.0. The molecule has 2 unspecified atom stereocenters. The monoisotopic (exact) mass is 360 g/mol. The summed E-state index contributed by atoms with van der Waals surface area (Å²) in [5.41, 5.74) is 0.638. The van der Waals surface area contributed by atoms with Gasteiger partial charge in [-0.1, -0.05) is 12.1 Å². The number of aliphatic imine (C=N–C) groups is 1. The van der Waals surface area contributed by atoms with Gasteiger partial charge in [-0.05, 0) is 44.4 Å². The van der Waals surface area contributed by atoms with Crippen molar-refractivity contribution in [1.82, 2.24) is 25.4 Å². The lowest BCUT2D eigenvalue weighted by Gasteiger charge is -2.25. The highest BCUT2D eigenvalue weighted by atomic mass is 19.1. The van der Waals surface area contributed by atoms with Crippen molar-refractivity contribution in [1.29, 1.82) is 0 Å². The van der Waals surface area contributed by atoms with Crippen LogP contribution in [0.3, 0.4) is 0 Å². The first-order valence-corrected chi connectivity index (χ1v) is 8.96. The molecule has 0 bridgehead atoms. The lowest BCUT2D eigenvalue weighted by Crippen LogP contribution is -2.41. The van der Waals surface area contributed by atoms with Crippen molar-refractivity contribution in [3.63, 3.8) is 0 Å². The Balaban J connectivity index is 1.69. The number of aromatic nitrogens is 3. The Morgan fingerprint density at radius 1 is 1.42 bits per heavy atom. The Hall–Kier alpha value is -2.48. The second-order valence-corrected chi connectivity index (χ2v) is 6.37. The van der Waals surface area contributed by atoms with Gasteiger partial charge in [0, 0.05) is 13.1 Å². The van der Waals surface area contributed by atoms with E-state index in [9.17, 15) is 9.50 Å². The number of nitrogens with one attached hydrogen (secondary N) is 2. The molecular weight excluding hydrogens is 335 g/mol. The van der Waals surface area contributed by atoms with Crippen molar-refractivity contribution in [2.75, 3.05) is 13.1 Å². The number of rotatable bonds is 5. The minimum atomic E-state index is -0.789. The molecule has 0 radical (unpaired) electrons. The van der Waals surface area contributed by atoms with Gasteiger partial charge in [0.1, 0.15) is 17.5 Å². The van der Waals surface area contributed by atoms with Crippen LogP contribution in [0.2, 0.25) is 0 Å². The molecule has 1 aromatic heterocycles. The first kappa shape index (κ1) is 18.3. The Bertz CT molecular complexity index is 758. The summed E-state index contributed by atoms with van der Waals surface area (Å²) in [4.78, 5) is 9.00. The third kappa shape index (κ3) is 4.37. The van der Waals surface area contributed by atoms with Gasteiger partial charge in [0.2, 0.25) is 0 Å². The number of nitrogens with zero attached hydrogens (tertiary/aromatic N) is 4. The first-order valence-electron chi connectivity index (χ1n) is 8.96. The van der Waals surface area contributed by atoms with Crippen LogP contribution in [0, 0.1) is 12.7 Å². The topological polar surface area (TPSA) is 87.4 Å². The Morgan fingerprint density at radius 3 is 2.92 bits per heavy atom. The summed E-state index contributed by atoms with van der Waals surface area (Å²) >= 11 is 0. The van der Waals surface area contributed by atoms with Gasteiger partial charge >= 0.3 is 0 Å². The molecule has 26 heavy (non-hydrogen) atoms. The van der Waals surface area contributed by atoms with Crippen LogP contribution in [0.25, 0.3) is 0 Å². The van der Waals surface area contributed by atoms with Crippen LogP contribution in [0.5, 0.6) is 0 Å². The molecule has 0 saturated carbocycles. The largest absolute Gasteiger partial charge is 0.386 e. The molecule has 140 valence electrons. The molecule has 7 nitrogen and oxygen atoms in total. The molecule has 0 saturated heterocycles. The van der Waals surface area contributed by atoms with Crippen LogP contribution in [0.1, 0.15) is 49.1 Å². The number of aryl methyl sites for hydroxylation is 2. The molecule has 3 rings (SSSR count). The quantitative estimate of drug-likeness (QED) is 0.559. The molecule has 2 heterocycles. The SMILES string of the molecule is CCNC(=NCC(O)c1ccc(F)cc1)NC1CCCn2nc(C)nc21. The summed E-state index contributed by atoms with van der Waals surface area (Å²) in [5, 5.41) is 21.3. The number of aliphatic hydroxyl groups excluding tert-OH is 1. The molecule has 0 aliphatic carbocycles. The van der Waals surface area contributed by atoms with E-state index in [2.05, 4.69) is 25.7 Å². The Labute approximate surface area is 152 Å². The van der Waals surface area contributed by atoms with Crippen molar-refractivity contribution < 1.29 is 9.50 Å². The van der Waals surface area contributed by atoms with E-state index in [0.717, 1.165) is 31.0 Å². The zero-order chi connectivity index (χ0) is 18.5. The highest BCUT2D eigenvalue weighted by Gasteiger charge is 2.24. The molecule has 2 aromatic rings. The number of guanidine groups is 1. The van der Waals surface area contributed by atoms with Gasteiger partial charge in [0.05, 0.1) is 18.7 Å². The lowest BCUT2D eigenvalue weighted by molar-refractivity contribution is 0.187. The minimum Gasteiger partial charge on any atom is -0.386 e. The molecular formula is C18H25FN6O. The predicted octanol–water partition coefficient (Wildman–Crippen LogP) is 1.85. The van der Waals surface area contributed by atoms with E-state index in [1.165, 1.54) is 12.1 Å². The van der Waals surface area contributed by atoms with Crippen LogP contribution in [-0.4, -0.2) is 38.9 Å². The van der Waals surface area contributed by atoms with Gasteiger partial charge in [-0.25, -0.2) is 14.1 Å². The Morgan fingerprint density at radius 2 is 2.19 bits per heavy atom. The smallest absolute Gasteiger partial charge is 0.191 e. The van der Waals surface area contributed by atoms with Gasteiger partial charge in [-0.15, -0.1) is 0 Å². The fourth-order valence-electron chi connectivity index (χ4n) is 3.06. The van der Waals surface area contributed by atoms with Gasteiger partial charge < -0.3 is 15.7 Å². The van der Waals surface area contributed by atoms with Crippen molar-refractivity contribution in [3.05, 3.63) is 47.3 Å². The van der Waals surface area contributed by atoms with E-state index >= 15 is 0 Å². The van der Waals surface area contributed by atoms with Gasteiger partial charge in [0.25, 0.3) is 0 Å². The summed E-state index contributed by atoms with van der Waals surface area (Å²) in [6, 6.07) is 5.85. The highest BCUT2D eigenvalue weighted by Crippen LogP contribution is 2.23. The summed E-state index contributed by atoms with van der Waals surface area (Å²) in [7, 11) is 0. The van der Waals surface area contributed by atoms with E-state index in [1.54, 1.807) is 12.1 Å². The second kappa shape index (κ2) is 8.27. The van der Waals surface area contributed by atoms with Crippen molar-refractivity contribution in [3.8, 4) is 0 Å². The van der Waals surface area contributed by atoms with Crippen LogP contribution < -0.4 is 10.6 Å². The van der Waals surface area contributed by atoms with Gasteiger partial charge in [-0.2, -0.15) is 5.10 Å². The van der Waals surface area contributed by atoms with Crippen LogP contribution >= 0.6 is 0 Å². The summed E-state index contributed by atoms with van der Waals surface area (Å²) < 4.78 is 14.9. The summed E-state index contributed by atoms with van der Waals surface area (Å²) in [6.07, 6.45) is 1.18. The van der Waals surface area contributed by atoms with Crippen LogP contribution in [-0.2, 0) is 6.54 Å². The zero-order valence-corrected chi connectivity index (χ0v) is 15.1. The maximum absolute atomic E-state index is 13.0. The average Bonchev–Trinajstić information content (AvgIpc) is 3.01. The normalized spacial score (nSPS) is 18.3. The fraction of sp³-hybridized carbons (Fsp3) is 0.500. The number of halogens is 1. The van der Waals surface area contributed by atoms with Crippen molar-refractivity contribution >= 4 is 5.96 Å². The second-order valence-electron chi connectivity index (χ2n) is 6.37. The third-order valence-electron chi connectivity index (χ3n) is 4.31. The van der Waals surface area contributed by atoms with Gasteiger partial charge in [-0.3, -0.25) is 4.99 Å². The molecule has 3 N–H and O–H groups in total. The molecule has 8 heteroatoms. The number of fused-ring (bicyclic) bond motifs is 1. The van der Waals surface area contributed by atoms with E-state index < -0.39 is 6.10 Å². The van der Waals surface area contributed by atoms with E-state index in [1.807, 2.05) is 18.5 Å². The number of benzene rings is 1. The van der Waals surface area contributed by atoms with E-state index in [-0.39, 0.29) is 18.4 Å². The lowest BCUT2D eigenvalue weighted by atomic mass is 10.1. The molecule has 1 aromatic carbocycles. The van der Waals surface area contributed by atoms with Crippen LogP contribution in [0.15, 0.2) is 29.3 Å². The standard InChI is InChI=1S/C18H25FN6O/c1-3-20-18(21-11-16(26)13-6-8-14(19)9-7-13)23-15-5-4-10-25-17(15)22-12(2)24-25/h6-9,15-16,26H,3-5,10-11H2,1-2H3,(H2,20,21,23). The average molecular weight is 360 g/mol. The summed E-state index contributed by atoms with van der Waals surface area (Å²) in [5.74, 6) is 1.98. The summed E-state index contributed by atoms with van der Waals surface area (Å²) in [6.45, 7) is 5.64. The third-order valence-corrected chi connectivity index (χ3v) is 4.31. The maximum Gasteiger partial charge on any atom is 0.191 e. The van der Waals surface area contributed by atoms with E-state index in [0.29, 0.717) is 18.1 Å². The molecule has 1 aliphatic rings. The van der Waals surface area contributed by atoms with Crippen molar-refractivity contribution in [2.24, 2.45) is 4.99 Å². The van der Waals surface area contributed by atoms with Crippen molar-refractivity contribution in [2.45, 2.75) is 45.4 Å². The zero-order valence-electron chi connectivity index (χ0n) is 15.1. The molecule has 0 spiro atoms. The predicted molar refractivity (Wildman–Crippen MR) is 97.2 cm³/mol. The molecule has 1 aliphatic heterocycles. The minimum absolute atomic E-state index is 0.0331. The number of aliphatic hydroxyl groups is 1. The Kier molecular flexibility index (Phi) is 5.82. The molecule has 0 amide bonds. The number of hydrogen-bond donors (Lipinski definition) is 3. The highest BCUT2D eigenvalue weighted by molar-refractivity contribution is 5.80. The molecule has 0 fully saturated rings.